The van der Waals surface area contributed by atoms with Crippen LogP contribution in [0, 0.1) is 6.92 Å². The largest absolute Gasteiger partial charge is 0.484 e. The molecule has 1 amide bonds. The number of hydrogen-bond donors (Lipinski definition) is 1. The van der Waals surface area contributed by atoms with Crippen molar-refractivity contribution in [3.8, 4) is 5.75 Å². The topological polar surface area (TPSA) is 76.1 Å². The molecule has 1 aromatic carbocycles. The van der Waals surface area contributed by atoms with Gasteiger partial charge in [0.05, 0.1) is 13.2 Å². The molecule has 0 aliphatic carbocycles. The Morgan fingerprint density at radius 3 is 2.62 bits per heavy atom. The first-order chi connectivity index (χ1) is 10.0. The maximum absolute atomic E-state index is 12.1. The molecule has 0 aromatic heterocycles. The number of carbonyl (C=O) groups excluding carboxylic acids is 2. The van der Waals surface area contributed by atoms with Crippen molar-refractivity contribution in [3.63, 3.8) is 0 Å². The van der Waals surface area contributed by atoms with E-state index in [1.54, 1.807) is 12.1 Å². The van der Waals surface area contributed by atoms with E-state index in [9.17, 15) is 14.7 Å². The molecule has 1 fully saturated rings. The molecule has 114 valence electrons. The van der Waals surface area contributed by atoms with E-state index in [4.69, 9.17) is 4.74 Å². The Bertz CT molecular complexity index is 513. The predicted molar refractivity (Wildman–Crippen MR) is 74.8 cm³/mol. The molecule has 0 spiro atoms. The summed E-state index contributed by atoms with van der Waals surface area (Å²) >= 11 is 0. The number of aryl methyl sites for hydroxylation is 1. The monoisotopic (exact) mass is 293 g/mol. The van der Waals surface area contributed by atoms with E-state index in [0.29, 0.717) is 5.75 Å². The van der Waals surface area contributed by atoms with Crippen LogP contribution in [-0.2, 0) is 14.3 Å². The van der Waals surface area contributed by atoms with Gasteiger partial charge in [-0.05, 0) is 19.1 Å². The molecule has 1 saturated heterocycles. The summed E-state index contributed by atoms with van der Waals surface area (Å²) in [6.07, 6.45) is -0.513. The molecule has 6 nitrogen and oxygen atoms in total. The first-order valence-electron chi connectivity index (χ1n) is 6.76. The standard InChI is InChI=1S/C15H19NO5/c1-10-3-5-12(6-4-10)21-9-14(18)16-8-11(17)7-13(16)15(19)20-2/h3-6,11,13,17H,7-9H2,1-2H3. The maximum atomic E-state index is 12.1. The average molecular weight is 293 g/mol. The fraction of sp³-hybridized carbons (Fsp3) is 0.467. The minimum absolute atomic E-state index is 0.121. The Morgan fingerprint density at radius 1 is 1.33 bits per heavy atom. The van der Waals surface area contributed by atoms with Gasteiger partial charge in [0, 0.05) is 13.0 Å². The van der Waals surface area contributed by atoms with Crippen molar-refractivity contribution < 1.29 is 24.2 Å². The van der Waals surface area contributed by atoms with E-state index in [1.807, 2.05) is 19.1 Å². The number of carbonyl (C=O) groups is 2. The van der Waals surface area contributed by atoms with Crippen LogP contribution in [0.15, 0.2) is 24.3 Å². The van der Waals surface area contributed by atoms with Crippen LogP contribution < -0.4 is 4.74 Å². The quantitative estimate of drug-likeness (QED) is 0.819. The second-order valence-electron chi connectivity index (χ2n) is 5.08. The third-order valence-electron chi connectivity index (χ3n) is 3.46. The fourth-order valence-electron chi connectivity index (χ4n) is 2.31. The van der Waals surface area contributed by atoms with Gasteiger partial charge in [0.1, 0.15) is 11.8 Å². The van der Waals surface area contributed by atoms with Gasteiger partial charge in [0.25, 0.3) is 5.91 Å². The normalized spacial score (nSPS) is 21.2. The van der Waals surface area contributed by atoms with Crippen molar-refractivity contribution in [2.75, 3.05) is 20.3 Å². The van der Waals surface area contributed by atoms with Crippen molar-refractivity contribution in [2.45, 2.75) is 25.5 Å². The van der Waals surface area contributed by atoms with E-state index in [-0.39, 0.29) is 25.5 Å². The molecule has 0 saturated carbocycles. The van der Waals surface area contributed by atoms with E-state index < -0.39 is 18.1 Å². The smallest absolute Gasteiger partial charge is 0.328 e. The molecule has 2 unspecified atom stereocenters. The Hall–Kier alpha value is -2.08. The molecule has 1 aliphatic rings. The first-order valence-corrected chi connectivity index (χ1v) is 6.76. The Balaban J connectivity index is 1.95. The van der Waals surface area contributed by atoms with Crippen molar-refractivity contribution in [1.82, 2.24) is 4.90 Å². The lowest BCUT2D eigenvalue weighted by atomic mass is 10.2. The number of ether oxygens (including phenoxy) is 2. The molecular formula is C15H19NO5. The van der Waals surface area contributed by atoms with Crippen LogP contribution in [0.4, 0.5) is 0 Å². The zero-order valence-corrected chi connectivity index (χ0v) is 12.1. The molecule has 0 bridgehead atoms. The number of hydrogen-bond acceptors (Lipinski definition) is 5. The van der Waals surface area contributed by atoms with Crippen LogP contribution in [0.5, 0.6) is 5.75 Å². The minimum Gasteiger partial charge on any atom is -0.484 e. The van der Waals surface area contributed by atoms with Crippen LogP contribution in [0.25, 0.3) is 0 Å². The van der Waals surface area contributed by atoms with E-state index >= 15 is 0 Å². The summed E-state index contributed by atoms with van der Waals surface area (Å²) in [5.41, 5.74) is 1.10. The number of benzene rings is 1. The van der Waals surface area contributed by atoms with Gasteiger partial charge in [-0.1, -0.05) is 17.7 Å². The SMILES string of the molecule is COC(=O)C1CC(O)CN1C(=O)COc1ccc(C)cc1. The maximum Gasteiger partial charge on any atom is 0.328 e. The summed E-state index contributed by atoms with van der Waals surface area (Å²) in [6.45, 7) is 1.90. The Morgan fingerprint density at radius 2 is 2.00 bits per heavy atom. The van der Waals surface area contributed by atoms with Crippen molar-refractivity contribution in [2.24, 2.45) is 0 Å². The van der Waals surface area contributed by atoms with Crippen molar-refractivity contribution in [1.29, 1.82) is 0 Å². The molecule has 1 N–H and O–H groups in total. The number of aliphatic hydroxyl groups is 1. The zero-order chi connectivity index (χ0) is 15.4. The van der Waals surface area contributed by atoms with Gasteiger partial charge in [-0.25, -0.2) is 4.79 Å². The number of aliphatic hydroxyl groups excluding tert-OH is 1. The first kappa shape index (κ1) is 15.3. The summed E-state index contributed by atoms with van der Waals surface area (Å²) in [7, 11) is 1.26. The van der Waals surface area contributed by atoms with Crippen molar-refractivity contribution in [3.05, 3.63) is 29.8 Å². The van der Waals surface area contributed by atoms with Crippen molar-refractivity contribution >= 4 is 11.9 Å². The molecule has 1 aliphatic heterocycles. The van der Waals surface area contributed by atoms with E-state index in [0.717, 1.165) is 5.56 Å². The molecule has 1 aromatic rings. The number of amides is 1. The van der Waals surface area contributed by atoms with Gasteiger partial charge in [-0.15, -0.1) is 0 Å². The Labute approximate surface area is 123 Å². The van der Waals surface area contributed by atoms with Gasteiger partial charge >= 0.3 is 5.97 Å². The highest BCUT2D eigenvalue weighted by Gasteiger charge is 2.39. The van der Waals surface area contributed by atoms with E-state index in [1.165, 1.54) is 12.0 Å². The van der Waals surface area contributed by atoms with Crippen LogP contribution in [0.2, 0.25) is 0 Å². The van der Waals surface area contributed by atoms with E-state index in [2.05, 4.69) is 4.74 Å². The van der Waals surface area contributed by atoms with Gasteiger partial charge in [-0.3, -0.25) is 4.79 Å². The third-order valence-corrected chi connectivity index (χ3v) is 3.46. The number of rotatable bonds is 4. The van der Waals surface area contributed by atoms with Gasteiger partial charge in [-0.2, -0.15) is 0 Å². The summed E-state index contributed by atoms with van der Waals surface area (Å²) in [5.74, 6) is -0.277. The van der Waals surface area contributed by atoms with Gasteiger partial charge < -0.3 is 19.5 Å². The number of methoxy groups -OCH3 is 1. The third kappa shape index (κ3) is 3.72. The summed E-state index contributed by atoms with van der Waals surface area (Å²) in [6, 6.07) is 6.59. The van der Waals surface area contributed by atoms with Gasteiger partial charge in [0.2, 0.25) is 0 Å². The molecule has 1 heterocycles. The second kappa shape index (κ2) is 6.58. The molecule has 6 heteroatoms. The second-order valence-corrected chi connectivity index (χ2v) is 5.08. The van der Waals surface area contributed by atoms with Crippen LogP contribution >= 0.6 is 0 Å². The predicted octanol–water partition coefficient (Wildman–Crippen LogP) is 0.509. The average Bonchev–Trinajstić information content (AvgIpc) is 2.87. The summed E-state index contributed by atoms with van der Waals surface area (Å²) < 4.78 is 10.1. The number of β-amino-alcohol motifs (C(OH)–C–C–N with tert-alkyl or cyclic N) is 1. The molecule has 2 rings (SSSR count). The highest BCUT2D eigenvalue weighted by Crippen LogP contribution is 2.20. The molecule has 2 atom stereocenters. The fourth-order valence-corrected chi connectivity index (χ4v) is 2.31. The highest BCUT2D eigenvalue weighted by atomic mass is 16.5. The molecular weight excluding hydrogens is 274 g/mol. The van der Waals surface area contributed by atoms with Gasteiger partial charge in [0.15, 0.2) is 6.61 Å². The zero-order valence-electron chi connectivity index (χ0n) is 12.1. The lowest BCUT2D eigenvalue weighted by molar-refractivity contribution is -0.151. The van der Waals surface area contributed by atoms with Crippen LogP contribution in [0.3, 0.4) is 0 Å². The number of nitrogens with zero attached hydrogens (tertiary/aromatic N) is 1. The summed E-state index contributed by atoms with van der Waals surface area (Å²) in [5, 5.41) is 9.64. The molecule has 0 radical (unpaired) electrons. The lowest BCUT2D eigenvalue weighted by Gasteiger charge is -2.22. The van der Waals surface area contributed by atoms with Crippen LogP contribution in [-0.4, -0.2) is 54.3 Å². The number of esters is 1. The minimum atomic E-state index is -0.737. The highest BCUT2D eigenvalue weighted by molar-refractivity contribution is 5.86. The summed E-state index contributed by atoms with van der Waals surface area (Å²) in [4.78, 5) is 25.1. The number of likely N-dealkylation sites (tertiary alicyclic amines) is 1. The Kier molecular flexibility index (Phi) is 4.80. The molecule has 21 heavy (non-hydrogen) atoms. The lowest BCUT2D eigenvalue weighted by Crippen LogP contribution is -2.43. The van der Waals surface area contributed by atoms with Crippen LogP contribution in [0.1, 0.15) is 12.0 Å².